The molecular formula is C15H14ClFN4O2. The van der Waals surface area contributed by atoms with Gasteiger partial charge in [0.2, 0.25) is 0 Å². The summed E-state index contributed by atoms with van der Waals surface area (Å²) in [5.74, 6) is 0.0714. The molecule has 0 spiro atoms. The van der Waals surface area contributed by atoms with Crippen molar-refractivity contribution in [3.63, 3.8) is 0 Å². The summed E-state index contributed by atoms with van der Waals surface area (Å²) in [6.45, 7) is 5.31. The zero-order chi connectivity index (χ0) is 16.7. The van der Waals surface area contributed by atoms with E-state index in [2.05, 4.69) is 15.1 Å². The van der Waals surface area contributed by atoms with Gasteiger partial charge < -0.3 is 4.52 Å². The quantitative estimate of drug-likeness (QED) is 0.687. The standard InChI is InChI=1S/C15H14ClFN4O2/c1-4-8-6-9(17)13-19-12(16)11(7(3)21(13)15(8)22)14-18-10(5-2)20-23-14/h6H,4-5H2,1-3H3. The minimum absolute atomic E-state index is 0.0105. The van der Waals surface area contributed by atoms with Crippen LogP contribution in [0.1, 0.15) is 30.9 Å². The van der Waals surface area contributed by atoms with Gasteiger partial charge in [0.15, 0.2) is 17.3 Å². The Labute approximate surface area is 135 Å². The van der Waals surface area contributed by atoms with Crippen molar-refractivity contribution in [1.82, 2.24) is 19.5 Å². The van der Waals surface area contributed by atoms with Gasteiger partial charge >= 0.3 is 0 Å². The lowest BCUT2D eigenvalue weighted by Gasteiger charge is -2.11. The van der Waals surface area contributed by atoms with Crippen LogP contribution in [0, 0.1) is 12.7 Å². The zero-order valence-electron chi connectivity index (χ0n) is 12.9. The molecule has 6 nitrogen and oxygen atoms in total. The van der Waals surface area contributed by atoms with E-state index in [4.69, 9.17) is 16.1 Å². The van der Waals surface area contributed by atoms with E-state index >= 15 is 0 Å². The van der Waals surface area contributed by atoms with Crippen molar-refractivity contribution < 1.29 is 8.91 Å². The Hall–Kier alpha value is -2.28. The molecule has 3 aromatic heterocycles. The van der Waals surface area contributed by atoms with Crippen LogP contribution in [-0.4, -0.2) is 19.5 Å². The molecule has 120 valence electrons. The van der Waals surface area contributed by atoms with Gasteiger partial charge in [-0.25, -0.2) is 9.37 Å². The van der Waals surface area contributed by atoms with Crippen molar-refractivity contribution in [1.29, 1.82) is 0 Å². The van der Waals surface area contributed by atoms with Gasteiger partial charge in [0.05, 0.1) is 5.56 Å². The highest BCUT2D eigenvalue weighted by Gasteiger charge is 2.21. The van der Waals surface area contributed by atoms with Crippen LogP contribution in [-0.2, 0) is 12.8 Å². The lowest BCUT2D eigenvalue weighted by atomic mass is 10.2. The minimum atomic E-state index is -0.599. The highest BCUT2D eigenvalue weighted by Crippen LogP contribution is 2.29. The summed E-state index contributed by atoms with van der Waals surface area (Å²) in [7, 11) is 0. The van der Waals surface area contributed by atoms with E-state index in [1.807, 2.05) is 6.92 Å². The summed E-state index contributed by atoms with van der Waals surface area (Å²) >= 11 is 6.17. The summed E-state index contributed by atoms with van der Waals surface area (Å²) in [5, 5.41) is 3.82. The van der Waals surface area contributed by atoms with Crippen molar-refractivity contribution >= 4 is 17.2 Å². The highest BCUT2D eigenvalue weighted by molar-refractivity contribution is 6.32. The molecule has 0 saturated heterocycles. The predicted octanol–water partition coefficient (Wildman–Crippen LogP) is 2.97. The summed E-state index contributed by atoms with van der Waals surface area (Å²) in [6.07, 6.45) is 1.01. The van der Waals surface area contributed by atoms with Gasteiger partial charge in [-0.2, -0.15) is 4.98 Å². The monoisotopic (exact) mass is 336 g/mol. The molecule has 0 unspecified atom stereocenters. The van der Waals surface area contributed by atoms with Crippen molar-refractivity contribution in [2.45, 2.75) is 33.6 Å². The lowest BCUT2D eigenvalue weighted by molar-refractivity contribution is 0.422. The number of rotatable bonds is 3. The van der Waals surface area contributed by atoms with Crippen molar-refractivity contribution in [3.05, 3.63) is 44.5 Å². The van der Waals surface area contributed by atoms with E-state index in [1.54, 1.807) is 13.8 Å². The Morgan fingerprint density at radius 1 is 1.30 bits per heavy atom. The number of fused-ring (bicyclic) bond motifs is 1. The van der Waals surface area contributed by atoms with Crippen LogP contribution >= 0.6 is 11.6 Å². The Morgan fingerprint density at radius 2 is 2.04 bits per heavy atom. The highest BCUT2D eigenvalue weighted by atomic mass is 35.5. The first-order valence-electron chi connectivity index (χ1n) is 7.21. The van der Waals surface area contributed by atoms with E-state index in [9.17, 15) is 9.18 Å². The number of hydrogen-bond acceptors (Lipinski definition) is 5. The topological polar surface area (TPSA) is 73.3 Å². The number of halogens is 2. The van der Waals surface area contributed by atoms with E-state index < -0.39 is 5.82 Å². The molecule has 0 fully saturated rings. The molecule has 0 aliphatic carbocycles. The first kappa shape index (κ1) is 15.6. The van der Waals surface area contributed by atoms with E-state index in [1.165, 1.54) is 10.5 Å². The molecule has 3 heterocycles. The number of pyridine rings is 1. The van der Waals surface area contributed by atoms with Gasteiger partial charge in [0.25, 0.3) is 11.4 Å². The molecular weight excluding hydrogens is 323 g/mol. The van der Waals surface area contributed by atoms with Crippen LogP contribution in [0.2, 0.25) is 5.15 Å². The van der Waals surface area contributed by atoms with Crippen molar-refractivity contribution in [3.8, 4) is 11.5 Å². The van der Waals surface area contributed by atoms with Crippen LogP contribution in [0.25, 0.3) is 17.1 Å². The first-order valence-corrected chi connectivity index (χ1v) is 7.58. The second-order valence-corrected chi connectivity index (χ2v) is 5.43. The number of hydrogen-bond donors (Lipinski definition) is 0. The fraction of sp³-hybridized carbons (Fsp3) is 0.333. The molecule has 3 aromatic rings. The minimum Gasteiger partial charge on any atom is -0.334 e. The molecule has 0 aromatic carbocycles. The van der Waals surface area contributed by atoms with Crippen molar-refractivity contribution in [2.75, 3.05) is 0 Å². The predicted molar refractivity (Wildman–Crippen MR) is 83.2 cm³/mol. The normalized spacial score (nSPS) is 11.3. The van der Waals surface area contributed by atoms with Gasteiger partial charge in [-0.1, -0.05) is 30.6 Å². The van der Waals surface area contributed by atoms with Crippen molar-refractivity contribution in [2.24, 2.45) is 0 Å². The smallest absolute Gasteiger partial charge is 0.262 e. The molecule has 0 atom stereocenters. The third kappa shape index (κ3) is 2.41. The Kier molecular flexibility index (Phi) is 3.89. The van der Waals surface area contributed by atoms with E-state index in [0.29, 0.717) is 35.5 Å². The summed E-state index contributed by atoms with van der Waals surface area (Å²) < 4.78 is 20.6. The Balaban J connectivity index is 2.40. The fourth-order valence-corrected chi connectivity index (χ4v) is 2.74. The average molecular weight is 337 g/mol. The number of aryl methyl sites for hydroxylation is 3. The second kappa shape index (κ2) is 5.73. The van der Waals surface area contributed by atoms with E-state index in [0.717, 1.165) is 0 Å². The van der Waals surface area contributed by atoms with Crippen LogP contribution in [0.15, 0.2) is 15.4 Å². The summed E-state index contributed by atoms with van der Waals surface area (Å²) in [4.78, 5) is 20.8. The number of nitrogens with zero attached hydrogens (tertiary/aromatic N) is 4. The maximum Gasteiger partial charge on any atom is 0.262 e. The SMILES string of the molecule is CCc1noc(-c2c(Cl)nc3c(F)cc(CC)c(=O)n3c2C)n1. The van der Waals surface area contributed by atoms with Crippen LogP contribution < -0.4 is 5.56 Å². The molecule has 3 rings (SSSR count). The van der Waals surface area contributed by atoms with Crippen LogP contribution in [0.5, 0.6) is 0 Å². The molecule has 0 amide bonds. The molecule has 0 N–H and O–H groups in total. The summed E-state index contributed by atoms with van der Waals surface area (Å²) in [6, 6.07) is 1.20. The average Bonchev–Trinajstić information content (AvgIpc) is 2.99. The molecule has 8 heteroatoms. The van der Waals surface area contributed by atoms with Gasteiger partial charge in [-0.3, -0.25) is 9.20 Å². The van der Waals surface area contributed by atoms with Gasteiger partial charge in [0.1, 0.15) is 5.15 Å². The van der Waals surface area contributed by atoms with Crippen LogP contribution in [0.3, 0.4) is 0 Å². The van der Waals surface area contributed by atoms with Gasteiger partial charge in [0, 0.05) is 17.7 Å². The largest absolute Gasteiger partial charge is 0.334 e. The van der Waals surface area contributed by atoms with E-state index in [-0.39, 0.29) is 22.3 Å². The van der Waals surface area contributed by atoms with Gasteiger partial charge in [-0.05, 0) is 19.4 Å². The molecule has 0 aliphatic rings. The molecule has 0 aliphatic heterocycles. The van der Waals surface area contributed by atoms with Crippen LogP contribution in [0.4, 0.5) is 4.39 Å². The second-order valence-electron chi connectivity index (χ2n) is 5.07. The maximum absolute atomic E-state index is 14.2. The maximum atomic E-state index is 14.2. The third-order valence-corrected chi connectivity index (χ3v) is 3.96. The number of aromatic nitrogens is 4. The first-order chi connectivity index (χ1) is 11.0. The molecule has 0 bridgehead atoms. The molecule has 0 radical (unpaired) electrons. The zero-order valence-corrected chi connectivity index (χ0v) is 13.6. The Morgan fingerprint density at radius 3 is 2.65 bits per heavy atom. The lowest BCUT2D eigenvalue weighted by Crippen LogP contribution is -2.22. The molecule has 23 heavy (non-hydrogen) atoms. The summed E-state index contributed by atoms with van der Waals surface area (Å²) in [5.41, 5.74) is 0.653. The van der Waals surface area contributed by atoms with Gasteiger partial charge in [-0.15, -0.1) is 0 Å². The Bertz CT molecular complexity index is 964. The molecule has 0 saturated carbocycles. The fourth-order valence-electron chi connectivity index (χ4n) is 2.45. The third-order valence-electron chi connectivity index (χ3n) is 3.69.